The molecule has 28 heavy (non-hydrogen) atoms. The number of hydrogen-bond donors (Lipinski definition) is 1. The normalized spacial score (nSPS) is 11.8. The molecule has 0 aliphatic carbocycles. The number of amides is 1. The van der Waals surface area contributed by atoms with Crippen molar-refractivity contribution in [3.8, 4) is 5.69 Å². The van der Waals surface area contributed by atoms with E-state index in [4.69, 9.17) is 0 Å². The van der Waals surface area contributed by atoms with Gasteiger partial charge in [0, 0.05) is 18.1 Å². The fourth-order valence-corrected chi connectivity index (χ4v) is 3.67. The number of benzene rings is 2. The first-order valence-electron chi connectivity index (χ1n) is 9.10. The molecular weight excluding hydrogens is 370 g/mol. The summed E-state index contributed by atoms with van der Waals surface area (Å²) in [5.41, 5.74) is 3.18. The number of nitrogens with one attached hydrogen (secondary N) is 1. The van der Waals surface area contributed by atoms with E-state index in [2.05, 4.69) is 16.4 Å². The number of rotatable bonds is 8. The van der Waals surface area contributed by atoms with Crippen molar-refractivity contribution in [1.82, 2.24) is 14.9 Å². The van der Waals surface area contributed by atoms with Crippen LogP contribution in [0.1, 0.15) is 18.1 Å². The predicted molar refractivity (Wildman–Crippen MR) is 112 cm³/mol. The van der Waals surface area contributed by atoms with Gasteiger partial charge in [0.15, 0.2) is 10.9 Å². The summed E-state index contributed by atoms with van der Waals surface area (Å²) in [4.78, 5) is 28.7. The Hall–Kier alpha value is -2.86. The van der Waals surface area contributed by atoms with Crippen molar-refractivity contribution in [2.75, 3.05) is 5.75 Å². The first-order chi connectivity index (χ1) is 13.5. The van der Waals surface area contributed by atoms with Gasteiger partial charge in [-0.05, 0) is 43.5 Å². The van der Waals surface area contributed by atoms with E-state index in [9.17, 15) is 9.59 Å². The summed E-state index contributed by atoms with van der Waals surface area (Å²) in [6.07, 6.45) is 4.09. The number of ketones is 1. The van der Waals surface area contributed by atoms with E-state index in [-0.39, 0.29) is 17.4 Å². The summed E-state index contributed by atoms with van der Waals surface area (Å²) < 4.78 is 1.96. The van der Waals surface area contributed by atoms with Crippen LogP contribution >= 0.6 is 11.8 Å². The van der Waals surface area contributed by atoms with E-state index < -0.39 is 6.04 Å². The Bertz CT molecular complexity index is 953. The lowest BCUT2D eigenvalue weighted by molar-refractivity contribution is -0.125. The largest absolute Gasteiger partial charge is 0.345 e. The lowest BCUT2D eigenvalue weighted by Crippen LogP contribution is -2.42. The van der Waals surface area contributed by atoms with Crippen LogP contribution in [0.25, 0.3) is 5.69 Å². The molecule has 0 aliphatic rings. The number of aryl methyl sites for hydroxylation is 1. The van der Waals surface area contributed by atoms with Gasteiger partial charge in [-0.2, -0.15) is 0 Å². The minimum absolute atomic E-state index is 0.0523. The highest BCUT2D eigenvalue weighted by Gasteiger charge is 2.18. The van der Waals surface area contributed by atoms with Crippen LogP contribution in [0, 0.1) is 6.92 Å². The molecule has 0 bridgehead atoms. The maximum atomic E-state index is 12.4. The zero-order valence-corrected chi connectivity index (χ0v) is 16.8. The van der Waals surface area contributed by atoms with Gasteiger partial charge < -0.3 is 5.32 Å². The summed E-state index contributed by atoms with van der Waals surface area (Å²) in [5.74, 6) is -0.0371. The first-order valence-corrected chi connectivity index (χ1v) is 10.1. The molecule has 5 nitrogen and oxygen atoms in total. The van der Waals surface area contributed by atoms with Gasteiger partial charge in [-0.3, -0.25) is 14.2 Å². The lowest BCUT2D eigenvalue weighted by atomic mass is 10.0. The van der Waals surface area contributed by atoms with Gasteiger partial charge in [-0.25, -0.2) is 4.98 Å². The molecule has 0 unspecified atom stereocenters. The van der Waals surface area contributed by atoms with E-state index in [0.717, 1.165) is 22.0 Å². The second-order valence-corrected chi connectivity index (χ2v) is 7.57. The molecule has 0 fully saturated rings. The minimum Gasteiger partial charge on any atom is -0.345 e. The average molecular weight is 394 g/mol. The highest BCUT2D eigenvalue weighted by atomic mass is 32.2. The molecule has 0 radical (unpaired) electrons. The molecular formula is C22H23N3O2S. The quantitative estimate of drug-likeness (QED) is 0.594. The molecule has 0 aliphatic heterocycles. The Kier molecular flexibility index (Phi) is 6.66. The summed E-state index contributed by atoms with van der Waals surface area (Å²) in [6, 6.07) is 17.3. The van der Waals surface area contributed by atoms with Crippen molar-refractivity contribution >= 4 is 23.5 Å². The lowest BCUT2D eigenvalue weighted by Gasteiger charge is -2.16. The van der Waals surface area contributed by atoms with Gasteiger partial charge in [-0.1, -0.05) is 54.2 Å². The fourth-order valence-electron chi connectivity index (χ4n) is 2.88. The highest BCUT2D eigenvalue weighted by molar-refractivity contribution is 7.99. The van der Waals surface area contributed by atoms with E-state index in [1.165, 1.54) is 18.7 Å². The summed E-state index contributed by atoms with van der Waals surface area (Å²) in [7, 11) is 0. The van der Waals surface area contributed by atoms with E-state index >= 15 is 0 Å². The van der Waals surface area contributed by atoms with Crippen LogP contribution in [0.5, 0.6) is 0 Å². The Morgan fingerprint density at radius 1 is 1.14 bits per heavy atom. The second kappa shape index (κ2) is 9.37. The number of thioether (sulfide) groups is 1. The van der Waals surface area contributed by atoms with Crippen LogP contribution in [-0.4, -0.2) is 33.0 Å². The topological polar surface area (TPSA) is 64.0 Å². The number of carbonyl (C=O) groups excluding carboxylic acids is 2. The molecule has 1 amide bonds. The van der Waals surface area contributed by atoms with Crippen LogP contribution in [0.3, 0.4) is 0 Å². The maximum Gasteiger partial charge on any atom is 0.231 e. The number of carbonyl (C=O) groups is 2. The third kappa shape index (κ3) is 5.33. The van der Waals surface area contributed by atoms with Crippen molar-refractivity contribution < 1.29 is 9.59 Å². The summed E-state index contributed by atoms with van der Waals surface area (Å²) in [6.45, 7) is 3.54. The van der Waals surface area contributed by atoms with Crippen molar-refractivity contribution in [2.24, 2.45) is 0 Å². The zero-order chi connectivity index (χ0) is 19.9. The van der Waals surface area contributed by atoms with Gasteiger partial charge in [-0.15, -0.1) is 0 Å². The standard InChI is InChI=1S/C22H23N3O2S/c1-16-7-6-10-19(13-16)25-12-11-23-22(25)28-15-21(27)24-20(17(2)26)14-18-8-4-3-5-9-18/h3-13,20H,14-15H2,1-2H3,(H,24,27)/t20-/m0/s1. The molecule has 6 heteroatoms. The number of nitrogens with zero attached hydrogens (tertiary/aromatic N) is 2. The van der Waals surface area contributed by atoms with Gasteiger partial charge in [0.05, 0.1) is 11.8 Å². The molecule has 1 heterocycles. The van der Waals surface area contributed by atoms with Gasteiger partial charge in [0.2, 0.25) is 5.91 Å². The van der Waals surface area contributed by atoms with Crippen molar-refractivity contribution in [2.45, 2.75) is 31.5 Å². The summed E-state index contributed by atoms with van der Waals surface area (Å²) >= 11 is 1.35. The van der Waals surface area contributed by atoms with Crippen molar-refractivity contribution in [3.05, 3.63) is 78.1 Å². The fraction of sp³-hybridized carbons (Fsp3) is 0.227. The molecule has 0 saturated carbocycles. The summed E-state index contributed by atoms with van der Waals surface area (Å²) in [5, 5.41) is 3.59. The molecule has 1 atom stereocenters. The third-order valence-electron chi connectivity index (χ3n) is 4.33. The van der Waals surface area contributed by atoms with Gasteiger partial charge >= 0.3 is 0 Å². The number of Topliss-reactive ketones (excluding diaryl/α,β-unsaturated/α-hetero) is 1. The second-order valence-electron chi connectivity index (χ2n) is 6.63. The van der Waals surface area contributed by atoms with E-state index in [0.29, 0.717) is 6.42 Å². The Labute approximate surface area is 169 Å². The van der Waals surface area contributed by atoms with Crippen LogP contribution in [0.4, 0.5) is 0 Å². The monoisotopic (exact) mass is 393 g/mol. The molecule has 3 rings (SSSR count). The zero-order valence-electron chi connectivity index (χ0n) is 16.0. The van der Waals surface area contributed by atoms with Gasteiger partial charge in [0.1, 0.15) is 0 Å². The Morgan fingerprint density at radius 3 is 2.64 bits per heavy atom. The molecule has 0 spiro atoms. The molecule has 1 N–H and O–H groups in total. The molecule has 144 valence electrons. The number of hydrogen-bond acceptors (Lipinski definition) is 4. The maximum absolute atomic E-state index is 12.4. The smallest absolute Gasteiger partial charge is 0.231 e. The van der Waals surface area contributed by atoms with Crippen LogP contribution in [0.15, 0.2) is 72.1 Å². The third-order valence-corrected chi connectivity index (χ3v) is 5.29. The first kappa shape index (κ1) is 19.9. The Balaban J connectivity index is 1.61. The molecule has 0 saturated heterocycles. The molecule has 2 aromatic carbocycles. The molecule has 3 aromatic rings. The predicted octanol–water partition coefficient (Wildman–Crippen LogP) is 3.59. The number of imidazole rings is 1. The molecule has 1 aromatic heterocycles. The van der Waals surface area contributed by atoms with E-state index in [1.54, 1.807) is 6.20 Å². The average Bonchev–Trinajstić information content (AvgIpc) is 3.15. The van der Waals surface area contributed by atoms with Crippen LogP contribution < -0.4 is 5.32 Å². The van der Waals surface area contributed by atoms with Crippen LogP contribution in [0.2, 0.25) is 0 Å². The Morgan fingerprint density at radius 2 is 1.93 bits per heavy atom. The van der Waals surface area contributed by atoms with Crippen LogP contribution in [-0.2, 0) is 16.0 Å². The number of aromatic nitrogens is 2. The SMILES string of the molecule is CC(=O)[C@H](Cc1ccccc1)NC(=O)CSc1nccn1-c1cccc(C)c1. The van der Waals surface area contributed by atoms with Crippen molar-refractivity contribution in [3.63, 3.8) is 0 Å². The van der Waals surface area contributed by atoms with Crippen molar-refractivity contribution in [1.29, 1.82) is 0 Å². The minimum atomic E-state index is -0.521. The highest BCUT2D eigenvalue weighted by Crippen LogP contribution is 2.21. The van der Waals surface area contributed by atoms with E-state index in [1.807, 2.05) is 66.2 Å². The van der Waals surface area contributed by atoms with Gasteiger partial charge in [0.25, 0.3) is 0 Å².